The number of hydrogen-bond donors (Lipinski definition) is 1. The molecule has 0 spiro atoms. The summed E-state index contributed by atoms with van der Waals surface area (Å²) in [7, 11) is 1.89. The lowest BCUT2D eigenvalue weighted by Gasteiger charge is -2.15. The maximum atomic E-state index is 4.77. The van der Waals surface area contributed by atoms with Crippen LogP contribution in [0.2, 0.25) is 0 Å². The smallest absolute Gasteiger partial charge is 0.182 e. The third-order valence-electron chi connectivity index (χ3n) is 3.65. The summed E-state index contributed by atoms with van der Waals surface area (Å²) in [4.78, 5) is 17.7. The van der Waals surface area contributed by atoms with Gasteiger partial charge in [-0.3, -0.25) is 4.98 Å². The molecule has 2 aromatic rings. The second-order valence-electron chi connectivity index (χ2n) is 4.92. The van der Waals surface area contributed by atoms with E-state index in [4.69, 9.17) is 4.98 Å². The molecule has 0 aromatic carbocycles. The lowest BCUT2D eigenvalue weighted by Crippen LogP contribution is -2.08. The fourth-order valence-corrected chi connectivity index (χ4v) is 3.58. The number of anilines is 1. The highest BCUT2D eigenvalue weighted by Crippen LogP contribution is 2.37. The van der Waals surface area contributed by atoms with Gasteiger partial charge in [0, 0.05) is 25.4 Å². The van der Waals surface area contributed by atoms with Crippen LogP contribution in [0.4, 0.5) is 5.82 Å². The molecule has 1 fully saturated rings. The Bertz CT molecular complexity index is 596. The Morgan fingerprint density at radius 1 is 1.20 bits per heavy atom. The van der Waals surface area contributed by atoms with Crippen LogP contribution in [0.3, 0.4) is 0 Å². The lowest BCUT2D eigenvalue weighted by atomic mass is 10.0. The average Bonchev–Trinajstić information content (AvgIpc) is 3.02. The molecule has 0 amide bonds. The molecule has 5 nitrogen and oxygen atoms in total. The van der Waals surface area contributed by atoms with E-state index in [0.717, 1.165) is 20.8 Å². The number of rotatable bonds is 3. The molecule has 104 valence electrons. The van der Waals surface area contributed by atoms with Gasteiger partial charge in [0.1, 0.15) is 11.5 Å². The van der Waals surface area contributed by atoms with E-state index in [1.165, 1.54) is 25.7 Å². The largest absolute Gasteiger partial charge is 0.372 e. The number of halogens is 1. The molecule has 1 N–H and O–H groups in total. The lowest BCUT2D eigenvalue weighted by molar-refractivity contribution is 0.690. The Kier molecular flexibility index (Phi) is 4.09. The van der Waals surface area contributed by atoms with Crippen LogP contribution in [-0.2, 0) is 0 Å². The molecule has 2 aromatic heterocycles. The third-order valence-corrected chi connectivity index (χ3v) is 4.71. The SMILES string of the molecule is CNc1nc(-c2cnccn2)nc(C2CCCC2)c1I. The van der Waals surface area contributed by atoms with Gasteiger partial charge in [-0.2, -0.15) is 0 Å². The van der Waals surface area contributed by atoms with Gasteiger partial charge in [0.15, 0.2) is 5.82 Å². The third kappa shape index (κ3) is 2.61. The number of nitrogens with zero attached hydrogens (tertiary/aromatic N) is 4. The predicted octanol–water partition coefficient (Wildman–Crippen LogP) is 3.24. The molecule has 0 atom stereocenters. The molecule has 0 bridgehead atoms. The van der Waals surface area contributed by atoms with Crippen LogP contribution >= 0.6 is 22.6 Å². The van der Waals surface area contributed by atoms with Gasteiger partial charge in [0.2, 0.25) is 0 Å². The van der Waals surface area contributed by atoms with Crippen LogP contribution in [0.15, 0.2) is 18.6 Å². The second kappa shape index (κ2) is 5.99. The first-order valence-electron chi connectivity index (χ1n) is 6.81. The van der Waals surface area contributed by atoms with E-state index in [2.05, 4.69) is 42.9 Å². The van der Waals surface area contributed by atoms with Crippen LogP contribution in [0.25, 0.3) is 11.5 Å². The minimum absolute atomic E-state index is 0.549. The zero-order chi connectivity index (χ0) is 13.9. The highest BCUT2D eigenvalue weighted by atomic mass is 127. The minimum Gasteiger partial charge on any atom is -0.372 e. The molecule has 0 radical (unpaired) electrons. The summed E-state index contributed by atoms with van der Waals surface area (Å²) in [5.74, 6) is 2.08. The molecule has 1 aliphatic carbocycles. The highest BCUT2D eigenvalue weighted by Gasteiger charge is 2.24. The summed E-state index contributed by atoms with van der Waals surface area (Å²) >= 11 is 2.34. The van der Waals surface area contributed by atoms with Crippen molar-refractivity contribution >= 4 is 28.4 Å². The first kappa shape index (κ1) is 13.7. The van der Waals surface area contributed by atoms with E-state index in [1.54, 1.807) is 18.6 Å². The zero-order valence-corrected chi connectivity index (χ0v) is 13.5. The van der Waals surface area contributed by atoms with Crippen molar-refractivity contribution in [1.82, 2.24) is 19.9 Å². The van der Waals surface area contributed by atoms with Gasteiger partial charge in [-0.25, -0.2) is 15.0 Å². The number of aromatic nitrogens is 4. The van der Waals surface area contributed by atoms with Crippen LogP contribution in [0, 0.1) is 3.57 Å². The molecule has 0 saturated heterocycles. The maximum absolute atomic E-state index is 4.77. The van der Waals surface area contributed by atoms with Crippen molar-refractivity contribution in [2.75, 3.05) is 12.4 Å². The Morgan fingerprint density at radius 2 is 2.00 bits per heavy atom. The summed E-state index contributed by atoms with van der Waals surface area (Å²) in [5, 5.41) is 3.16. The van der Waals surface area contributed by atoms with Crippen molar-refractivity contribution in [3.8, 4) is 11.5 Å². The predicted molar refractivity (Wildman–Crippen MR) is 86.5 cm³/mol. The first-order valence-corrected chi connectivity index (χ1v) is 7.89. The van der Waals surface area contributed by atoms with Crippen LogP contribution in [-0.4, -0.2) is 27.0 Å². The van der Waals surface area contributed by atoms with E-state index in [0.29, 0.717) is 11.7 Å². The Hall–Kier alpha value is -1.31. The summed E-state index contributed by atoms with van der Waals surface area (Å²) < 4.78 is 1.13. The molecule has 2 heterocycles. The monoisotopic (exact) mass is 381 g/mol. The number of nitrogens with one attached hydrogen (secondary N) is 1. The van der Waals surface area contributed by atoms with Gasteiger partial charge in [-0.15, -0.1) is 0 Å². The summed E-state index contributed by atoms with van der Waals surface area (Å²) in [6.07, 6.45) is 10.1. The molecule has 6 heteroatoms. The standard InChI is InChI=1S/C14H16IN5/c1-16-14-11(15)12(9-4-2-3-5-9)19-13(20-14)10-8-17-6-7-18-10/h6-9H,2-5H2,1H3,(H,16,19,20). The summed E-state index contributed by atoms with van der Waals surface area (Å²) in [6, 6.07) is 0. The molecule has 20 heavy (non-hydrogen) atoms. The van der Waals surface area contributed by atoms with Gasteiger partial charge in [-0.1, -0.05) is 12.8 Å². The van der Waals surface area contributed by atoms with E-state index in [-0.39, 0.29) is 0 Å². The summed E-state index contributed by atoms with van der Waals surface area (Å²) in [5.41, 5.74) is 1.88. The second-order valence-corrected chi connectivity index (χ2v) is 6.00. The Balaban J connectivity index is 2.09. The van der Waals surface area contributed by atoms with Gasteiger partial charge in [0.25, 0.3) is 0 Å². The van der Waals surface area contributed by atoms with Gasteiger partial charge in [-0.05, 0) is 35.4 Å². The van der Waals surface area contributed by atoms with Crippen molar-refractivity contribution in [2.24, 2.45) is 0 Å². The maximum Gasteiger partial charge on any atom is 0.182 e. The quantitative estimate of drug-likeness (QED) is 0.828. The van der Waals surface area contributed by atoms with E-state index in [1.807, 2.05) is 7.05 Å². The van der Waals surface area contributed by atoms with Crippen molar-refractivity contribution in [3.63, 3.8) is 0 Å². The van der Waals surface area contributed by atoms with Gasteiger partial charge >= 0.3 is 0 Å². The fraction of sp³-hybridized carbons (Fsp3) is 0.429. The van der Waals surface area contributed by atoms with E-state index < -0.39 is 0 Å². The average molecular weight is 381 g/mol. The van der Waals surface area contributed by atoms with Crippen molar-refractivity contribution in [2.45, 2.75) is 31.6 Å². The minimum atomic E-state index is 0.549. The van der Waals surface area contributed by atoms with E-state index in [9.17, 15) is 0 Å². The molecule has 1 aliphatic rings. The molecule has 0 aliphatic heterocycles. The van der Waals surface area contributed by atoms with Gasteiger partial charge in [0.05, 0.1) is 15.5 Å². The topological polar surface area (TPSA) is 63.6 Å². The van der Waals surface area contributed by atoms with Crippen LogP contribution in [0.5, 0.6) is 0 Å². The van der Waals surface area contributed by atoms with Gasteiger partial charge < -0.3 is 5.32 Å². The fourth-order valence-electron chi connectivity index (χ4n) is 2.63. The van der Waals surface area contributed by atoms with E-state index >= 15 is 0 Å². The molecular weight excluding hydrogens is 365 g/mol. The van der Waals surface area contributed by atoms with Crippen molar-refractivity contribution in [3.05, 3.63) is 27.9 Å². The van der Waals surface area contributed by atoms with Crippen molar-refractivity contribution in [1.29, 1.82) is 0 Å². The van der Waals surface area contributed by atoms with Crippen LogP contribution in [0.1, 0.15) is 37.3 Å². The first-order chi connectivity index (χ1) is 9.79. The molecule has 0 unspecified atom stereocenters. The summed E-state index contributed by atoms with van der Waals surface area (Å²) in [6.45, 7) is 0. The highest BCUT2D eigenvalue weighted by molar-refractivity contribution is 14.1. The van der Waals surface area contributed by atoms with Crippen molar-refractivity contribution < 1.29 is 0 Å². The normalized spacial score (nSPS) is 15.5. The zero-order valence-electron chi connectivity index (χ0n) is 11.3. The molecule has 1 saturated carbocycles. The Labute approximate surface area is 131 Å². The Morgan fingerprint density at radius 3 is 2.65 bits per heavy atom. The van der Waals surface area contributed by atoms with Crippen LogP contribution < -0.4 is 5.32 Å². The number of hydrogen-bond acceptors (Lipinski definition) is 5. The molecule has 3 rings (SSSR count). The molecular formula is C14H16IN5.